The quantitative estimate of drug-likeness (QED) is 0.691. The molecule has 0 radical (unpaired) electrons. The first kappa shape index (κ1) is 16.7. The normalized spacial score (nSPS) is 57.0. The van der Waals surface area contributed by atoms with Crippen molar-refractivity contribution in [1.82, 2.24) is 0 Å². The fraction of sp³-hybridized carbons (Fsp3) is 0.850. The molecule has 1 saturated carbocycles. The third-order valence-corrected chi connectivity index (χ3v) is 7.87. The Morgan fingerprint density at radius 2 is 1.79 bits per heavy atom. The number of Topliss-reactive ketones (excluding diaryl/α,β-unsaturated/α-hetero) is 1. The number of hydrogen-bond donors (Lipinski definition) is 1. The van der Waals surface area contributed by atoms with Crippen LogP contribution < -0.4 is 0 Å². The number of epoxide rings is 2. The molecule has 2 heterocycles. The summed E-state index contributed by atoms with van der Waals surface area (Å²) in [7, 11) is 0. The minimum absolute atomic E-state index is 0.0133. The van der Waals surface area contributed by atoms with E-state index >= 15 is 0 Å². The lowest BCUT2D eigenvalue weighted by atomic mass is 9.56. The number of fused-ring (bicyclic) bond motifs is 4. The van der Waals surface area contributed by atoms with E-state index in [9.17, 15) is 9.90 Å². The standard InChI is InChI=1S/C20H30O4/c1-12-6-7-13-15(21)16-19(4,24-16)9-8-14-18(3,23-14)11-10-17(12,2)20(13,5)22/h7,12,14,16,22H,6,8-11H2,1-5H3/t12-,14-,16-,17+,18+,19+,20+/m1/s1. The van der Waals surface area contributed by atoms with Gasteiger partial charge in [-0.2, -0.15) is 0 Å². The van der Waals surface area contributed by atoms with Crippen LogP contribution in [0.5, 0.6) is 0 Å². The van der Waals surface area contributed by atoms with Gasteiger partial charge in [0, 0.05) is 11.0 Å². The number of carbonyl (C=O) groups excluding carboxylic acids is 1. The SMILES string of the molecule is C[C@@H]1CC=C2C(=O)[C@H]3O[C@@]3(C)CC[C@H]3O[C@@]3(C)CC[C@]1(C)[C@@]2(C)O. The van der Waals surface area contributed by atoms with E-state index in [-0.39, 0.29) is 28.5 Å². The molecule has 4 aliphatic rings. The highest BCUT2D eigenvalue weighted by atomic mass is 16.6. The molecule has 7 atom stereocenters. The second-order valence-electron chi connectivity index (χ2n) is 9.38. The van der Waals surface area contributed by atoms with Crippen LogP contribution in [0, 0.1) is 11.3 Å². The zero-order valence-corrected chi connectivity index (χ0v) is 15.5. The van der Waals surface area contributed by atoms with Crippen molar-refractivity contribution in [2.45, 2.75) is 95.7 Å². The van der Waals surface area contributed by atoms with E-state index in [0.29, 0.717) is 11.5 Å². The minimum Gasteiger partial charge on any atom is -0.385 e. The van der Waals surface area contributed by atoms with Gasteiger partial charge in [-0.1, -0.05) is 19.9 Å². The topological polar surface area (TPSA) is 62.4 Å². The van der Waals surface area contributed by atoms with Crippen LogP contribution in [0.2, 0.25) is 0 Å². The molecule has 0 spiro atoms. The predicted molar refractivity (Wildman–Crippen MR) is 90.6 cm³/mol. The van der Waals surface area contributed by atoms with Crippen LogP contribution in [0.1, 0.15) is 66.7 Å². The van der Waals surface area contributed by atoms with Crippen molar-refractivity contribution in [2.75, 3.05) is 0 Å². The van der Waals surface area contributed by atoms with Gasteiger partial charge in [0.25, 0.3) is 0 Å². The van der Waals surface area contributed by atoms with Crippen molar-refractivity contribution >= 4 is 5.78 Å². The van der Waals surface area contributed by atoms with Crippen molar-refractivity contribution in [1.29, 1.82) is 0 Å². The first-order valence-corrected chi connectivity index (χ1v) is 9.36. The van der Waals surface area contributed by atoms with Crippen LogP contribution in [-0.2, 0) is 14.3 Å². The van der Waals surface area contributed by atoms with Gasteiger partial charge in [0.05, 0.1) is 17.3 Å². The monoisotopic (exact) mass is 334 g/mol. The highest BCUT2D eigenvalue weighted by molar-refractivity contribution is 6.03. The average Bonchev–Trinajstić information content (AvgIpc) is 3.36. The smallest absolute Gasteiger partial charge is 0.193 e. The Balaban J connectivity index is 1.74. The summed E-state index contributed by atoms with van der Waals surface area (Å²) in [4.78, 5) is 13.1. The fourth-order valence-corrected chi connectivity index (χ4v) is 5.07. The minimum atomic E-state index is -1.13. The first-order chi connectivity index (χ1) is 11.0. The van der Waals surface area contributed by atoms with E-state index in [1.165, 1.54) is 0 Å². The molecule has 4 rings (SSSR count). The molecule has 4 nitrogen and oxygen atoms in total. The van der Waals surface area contributed by atoms with Gasteiger partial charge in [0.15, 0.2) is 5.78 Å². The number of allylic oxidation sites excluding steroid dienone is 1. The molecule has 2 aliphatic carbocycles. The molecule has 1 N–H and O–H groups in total. The third-order valence-electron chi connectivity index (χ3n) is 7.87. The second-order valence-corrected chi connectivity index (χ2v) is 9.38. The van der Waals surface area contributed by atoms with Crippen LogP contribution in [0.25, 0.3) is 0 Å². The summed E-state index contributed by atoms with van der Waals surface area (Å²) in [5, 5.41) is 11.5. The van der Waals surface area contributed by atoms with Gasteiger partial charge in [-0.3, -0.25) is 4.79 Å². The van der Waals surface area contributed by atoms with Crippen molar-refractivity contribution < 1.29 is 19.4 Å². The lowest BCUT2D eigenvalue weighted by molar-refractivity contribution is -0.125. The summed E-state index contributed by atoms with van der Waals surface area (Å²) >= 11 is 0. The fourth-order valence-electron chi connectivity index (χ4n) is 5.07. The molecule has 0 aromatic rings. The maximum Gasteiger partial charge on any atom is 0.193 e. The lowest BCUT2D eigenvalue weighted by Crippen LogP contribution is -2.54. The zero-order chi connectivity index (χ0) is 17.5. The molecule has 0 amide bonds. The van der Waals surface area contributed by atoms with Gasteiger partial charge in [0.2, 0.25) is 0 Å². The molecular formula is C20H30O4. The number of ether oxygens (including phenoxy) is 2. The maximum atomic E-state index is 13.1. The van der Waals surface area contributed by atoms with Crippen LogP contribution in [0.4, 0.5) is 0 Å². The Labute approximate surface area is 144 Å². The largest absolute Gasteiger partial charge is 0.385 e. The number of rotatable bonds is 0. The Bertz CT molecular complexity index is 623. The number of carbonyl (C=O) groups is 1. The van der Waals surface area contributed by atoms with Crippen molar-refractivity contribution in [3.8, 4) is 0 Å². The summed E-state index contributed by atoms with van der Waals surface area (Å²) in [6.07, 6.45) is 6.22. The molecular weight excluding hydrogens is 304 g/mol. The molecule has 2 saturated heterocycles. The average molecular weight is 334 g/mol. The van der Waals surface area contributed by atoms with Crippen molar-refractivity contribution in [3.63, 3.8) is 0 Å². The molecule has 3 fully saturated rings. The zero-order valence-electron chi connectivity index (χ0n) is 15.5. The summed E-state index contributed by atoms with van der Waals surface area (Å²) in [5.74, 6) is 0.306. The number of hydrogen-bond acceptors (Lipinski definition) is 4. The van der Waals surface area contributed by atoms with E-state index in [2.05, 4.69) is 20.8 Å². The van der Waals surface area contributed by atoms with E-state index in [0.717, 1.165) is 32.1 Å². The number of aliphatic hydroxyl groups is 1. The van der Waals surface area contributed by atoms with Crippen LogP contribution in [0.3, 0.4) is 0 Å². The van der Waals surface area contributed by atoms with Gasteiger partial charge in [-0.25, -0.2) is 0 Å². The van der Waals surface area contributed by atoms with Gasteiger partial charge in [0.1, 0.15) is 11.7 Å². The molecule has 134 valence electrons. The highest BCUT2D eigenvalue weighted by Crippen LogP contribution is 2.57. The lowest BCUT2D eigenvalue weighted by Gasteiger charge is -2.51. The van der Waals surface area contributed by atoms with Gasteiger partial charge in [-0.05, 0) is 58.8 Å². The molecule has 0 aromatic carbocycles. The van der Waals surface area contributed by atoms with Crippen molar-refractivity contribution in [3.05, 3.63) is 11.6 Å². The molecule has 2 bridgehead atoms. The Kier molecular flexibility index (Phi) is 3.29. The Hall–Kier alpha value is -0.710. The van der Waals surface area contributed by atoms with Gasteiger partial charge < -0.3 is 14.6 Å². The second kappa shape index (κ2) is 4.72. The van der Waals surface area contributed by atoms with Crippen LogP contribution in [0.15, 0.2) is 11.6 Å². The molecule has 0 aromatic heterocycles. The maximum absolute atomic E-state index is 13.1. The Morgan fingerprint density at radius 3 is 2.50 bits per heavy atom. The van der Waals surface area contributed by atoms with E-state index < -0.39 is 11.7 Å². The van der Waals surface area contributed by atoms with Crippen molar-refractivity contribution in [2.24, 2.45) is 11.3 Å². The first-order valence-electron chi connectivity index (χ1n) is 9.36. The number of ketones is 1. The highest BCUT2D eigenvalue weighted by Gasteiger charge is 2.64. The van der Waals surface area contributed by atoms with Gasteiger partial charge in [-0.15, -0.1) is 0 Å². The molecule has 0 unspecified atom stereocenters. The summed E-state index contributed by atoms with van der Waals surface area (Å²) in [6, 6.07) is 0. The Morgan fingerprint density at radius 1 is 1.08 bits per heavy atom. The van der Waals surface area contributed by atoms with E-state index in [4.69, 9.17) is 9.47 Å². The van der Waals surface area contributed by atoms with Gasteiger partial charge >= 0.3 is 0 Å². The molecule has 24 heavy (non-hydrogen) atoms. The molecule has 2 aliphatic heterocycles. The van der Waals surface area contributed by atoms with E-state index in [1.807, 2.05) is 19.9 Å². The predicted octanol–water partition coefficient (Wildman–Crippen LogP) is 3.17. The third kappa shape index (κ3) is 2.12. The summed E-state index contributed by atoms with van der Waals surface area (Å²) < 4.78 is 11.8. The van der Waals surface area contributed by atoms with Crippen LogP contribution in [-0.4, -0.2) is 39.9 Å². The summed E-state index contributed by atoms with van der Waals surface area (Å²) in [5.41, 5.74) is -1.37. The summed E-state index contributed by atoms with van der Waals surface area (Å²) in [6.45, 7) is 10.3. The van der Waals surface area contributed by atoms with Crippen LogP contribution >= 0.6 is 0 Å². The molecule has 4 heteroatoms. The van der Waals surface area contributed by atoms with E-state index in [1.54, 1.807) is 0 Å².